The van der Waals surface area contributed by atoms with Crippen LogP contribution in [0.1, 0.15) is 23.7 Å². The van der Waals surface area contributed by atoms with Crippen LogP contribution in [0.4, 0.5) is 4.79 Å². The molecule has 6 heteroatoms. The smallest absolute Gasteiger partial charge is 0.315 e. The number of nitrogens with one attached hydrogen (secondary N) is 2. The van der Waals surface area contributed by atoms with Gasteiger partial charge in [-0.2, -0.15) is 0 Å². The predicted octanol–water partition coefficient (Wildman–Crippen LogP) is 3.96. The molecular weight excluding hydrogens is 310 g/mol. The Labute approximate surface area is 138 Å². The first-order chi connectivity index (χ1) is 11.2. The Kier molecular flexibility index (Phi) is 4.73. The molecule has 2 N–H and O–H groups in total. The molecule has 1 aromatic carbocycles. The number of carbonyl (C=O) groups is 1. The average Bonchev–Trinajstić information content (AvgIpc) is 3.25. The van der Waals surface area contributed by atoms with Crippen LogP contribution in [0.3, 0.4) is 0 Å². The lowest BCUT2D eigenvalue weighted by Gasteiger charge is -2.11. The zero-order valence-corrected chi connectivity index (χ0v) is 13.5. The minimum absolute atomic E-state index is 0.158. The summed E-state index contributed by atoms with van der Waals surface area (Å²) in [5.41, 5.74) is 2.00. The number of furan rings is 1. The summed E-state index contributed by atoms with van der Waals surface area (Å²) in [6, 6.07) is 13.2. The number of carbonyl (C=O) groups excluding carboxylic acids is 1. The van der Waals surface area contributed by atoms with Gasteiger partial charge in [0.25, 0.3) is 0 Å². The minimum Gasteiger partial charge on any atom is -0.467 e. The molecule has 0 aliphatic carbocycles. The molecule has 0 radical (unpaired) electrons. The van der Waals surface area contributed by atoms with E-state index >= 15 is 0 Å². The highest BCUT2D eigenvalue weighted by Crippen LogP contribution is 2.25. The van der Waals surface area contributed by atoms with Crippen molar-refractivity contribution in [1.29, 1.82) is 0 Å². The van der Waals surface area contributed by atoms with Crippen molar-refractivity contribution in [3.63, 3.8) is 0 Å². The lowest BCUT2D eigenvalue weighted by molar-refractivity contribution is 0.236. The van der Waals surface area contributed by atoms with Crippen LogP contribution in [-0.2, 0) is 6.54 Å². The van der Waals surface area contributed by atoms with E-state index in [-0.39, 0.29) is 12.1 Å². The molecule has 2 aromatic heterocycles. The standard InChI is InChI=1S/C17H17N3O2S/c1-12(19-17(21)18-10-14-8-5-9-22-14)16-20-15(11-23-16)13-6-3-2-4-7-13/h2-9,11-12H,10H2,1H3,(H2,18,19,21)/t12-/m1/s1. The van der Waals surface area contributed by atoms with Crippen LogP contribution in [0.25, 0.3) is 11.3 Å². The number of hydrogen-bond donors (Lipinski definition) is 2. The molecule has 3 aromatic rings. The lowest BCUT2D eigenvalue weighted by Crippen LogP contribution is -2.36. The summed E-state index contributed by atoms with van der Waals surface area (Å²) in [6.07, 6.45) is 1.58. The van der Waals surface area contributed by atoms with E-state index in [0.29, 0.717) is 12.3 Å². The average molecular weight is 327 g/mol. The maximum absolute atomic E-state index is 11.9. The highest BCUT2D eigenvalue weighted by atomic mass is 32.1. The van der Waals surface area contributed by atoms with Gasteiger partial charge in [-0.05, 0) is 19.1 Å². The van der Waals surface area contributed by atoms with Crippen molar-refractivity contribution in [3.8, 4) is 11.3 Å². The Morgan fingerprint density at radius 3 is 2.83 bits per heavy atom. The summed E-state index contributed by atoms with van der Waals surface area (Å²) in [5, 5.41) is 8.51. The fourth-order valence-corrected chi connectivity index (χ4v) is 2.95. The Morgan fingerprint density at radius 2 is 2.09 bits per heavy atom. The van der Waals surface area contributed by atoms with Gasteiger partial charge in [0.2, 0.25) is 0 Å². The van der Waals surface area contributed by atoms with Gasteiger partial charge in [-0.1, -0.05) is 30.3 Å². The topological polar surface area (TPSA) is 67.2 Å². The molecule has 0 saturated heterocycles. The summed E-state index contributed by atoms with van der Waals surface area (Å²) in [4.78, 5) is 16.5. The van der Waals surface area contributed by atoms with Gasteiger partial charge in [0.15, 0.2) is 0 Å². The normalized spacial score (nSPS) is 11.9. The highest BCUT2D eigenvalue weighted by Gasteiger charge is 2.14. The molecule has 0 unspecified atom stereocenters. The predicted molar refractivity (Wildman–Crippen MR) is 90.0 cm³/mol. The van der Waals surface area contributed by atoms with Gasteiger partial charge in [0.1, 0.15) is 10.8 Å². The molecule has 2 heterocycles. The monoisotopic (exact) mass is 327 g/mol. The van der Waals surface area contributed by atoms with E-state index in [4.69, 9.17) is 4.42 Å². The van der Waals surface area contributed by atoms with E-state index in [2.05, 4.69) is 15.6 Å². The maximum Gasteiger partial charge on any atom is 0.315 e. The molecule has 1 atom stereocenters. The summed E-state index contributed by atoms with van der Waals surface area (Å²) in [6.45, 7) is 2.28. The summed E-state index contributed by atoms with van der Waals surface area (Å²) >= 11 is 1.54. The first kappa shape index (κ1) is 15.3. The van der Waals surface area contributed by atoms with Crippen molar-refractivity contribution in [2.75, 3.05) is 0 Å². The van der Waals surface area contributed by atoms with Crippen LogP contribution in [0.5, 0.6) is 0 Å². The number of hydrogen-bond acceptors (Lipinski definition) is 4. The second kappa shape index (κ2) is 7.11. The highest BCUT2D eigenvalue weighted by molar-refractivity contribution is 7.10. The lowest BCUT2D eigenvalue weighted by atomic mass is 10.2. The van der Waals surface area contributed by atoms with E-state index in [1.165, 1.54) is 11.3 Å². The Hall–Kier alpha value is -2.60. The molecule has 0 saturated carbocycles. The van der Waals surface area contributed by atoms with E-state index in [1.54, 1.807) is 12.3 Å². The quantitative estimate of drug-likeness (QED) is 0.745. The first-order valence-corrected chi connectivity index (χ1v) is 8.18. The van der Waals surface area contributed by atoms with Gasteiger partial charge >= 0.3 is 6.03 Å². The minimum atomic E-state index is -0.245. The molecule has 0 fully saturated rings. The van der Waals surface area contributed by atoms with Crippen molar-refractivity contribution >= 4 is 17.4 Å². The fourth-order valence-electron chi connectivity index (χ4n) is 2.12. The van der Waals surface area contributed by atoms with Gasteiger partial charge in [-0.15, -0.1) is 11.3 Å². The molecule has 0 spiro atoms. The number of benzene rings is 1. The Balaban J connectivity index is 1.57. The van der Waals surface area contributed by atoms with Crippen molar-refractivity contribution in [3.05, 3.63) is 64.9 Å². The Morgan fingerprint density at radius 1 is 1.26 bits per heavy atom. The van der Waals surface area contributed by atoms with E-state index in [1.807, 2.05) is 48.7 Å². The third kappa shape index (κ3) is 3.98. The van der Waals surface area contributed by atoms with Crippen molar-refractivity contribution in [2.45, 2.75) is 19.5 Å². The molecular formula is C17H17N3O2S. The van der Waals surface area contributed by atoms with Gasteiger partial charge in [-0.3, -0.25) is 0 Å². The van der Waals surface area contributed by atoms with E-state index < -0.39 is 0 Å². The third-order valence-electron chi connectivity index (χ3n) is 3.31. The van der Waals surface area contributed by atoms with Crippen molar-refractivity contribution in [1.82, 2.24) is 15.6 Å². The molecule has 2 amide bonds. The van der Waals surface area contributed by atoms with E-state index in [9.17, 15) is 4.79 Å². The van der Waals surface area contributed by atoms with Gasteiger partial charge in [-0.25, -0.2) is 9.78 Å². The van der Waals surface area contributed by atoms with Gasteiger partial charge < -0.3 is 15.1 Å². The number of aromatic nitrogens is 1. The first-order valence-electron chi connectivity index (χ1n) is 7.30. The molecule has 0 bridgehead atoms. The molecule has 23 heavy (non-hydrogen) atoms. The van der Waals surface area contributed by atoms with Gasteiger partial charge in [0, 0.05) is 10.9 Å². The van der Waals surface area contributed by atoms with Gasteiger partial charge in [0.05, 0.1) is 24.5 Å². The van der Waals surface area contributed by atoms with Crippen LogP contribution >= 0.6 is 11.3 Å². The molecule has 0 aliphatic rings. The third-order valence-corrected chi connectivity index (χ3v) is 4.34. The molecule has 3 rings (SSSR count). The summed E-state index contributed by atoms with van der Waals surface area (Å²) < 4.78 is 5.17. The van der Waals surface area contributed by atoms with Crippen LogP contribution in [-0.4, -0.2) is 11.0 Å². The number of nitrogens with zero attached hydrogens (tertiary/aromatic N) is 1. The molecule has 118 valence electrons. The summed E-state index contributed by atoms with van der Waals surface area (Å²) in [5.74, 6) is 0.716. The largest absolute Gasteiger partial charge is 0.467 e. The molecule has 0 aliphatic heterocycles. The second-order valence-electron chi connectivity index (χ2n) is 5.07. The second-order valence-corrected chi connectivity index (χ2v) is 5.95. The number of rotatable bonds is 5. The van der Waals surface area contributed by atoms with Crippen LogP contribution in [0.15, 0.2) is 58.5 Å². The zero-order valence-electron chi connectivity index (χ0n) is 12.7. The Bertz CT molecular complexity index is 753. The number of urea groups is 1. The SMILES string of the molecule is C[C@@H](NC(=O)NCc1ccco1)c1nc(-c2ccccc2)cs1. The fraction of sp³-hybridized carbons (Fsp3) is 0.176. The zero-order chi connectivity index (χ0) is 16.1. The number of amides is 2. The maximum atomic E-state index is 11.9. The van der Waals surface area contributed by atoms with Crippen LogP contribution in [0.2, 0.25) is 0 Å². The molecule has 5 nitrogen and oxygen atoms in total. The van der Waals surface area contributed by atoms with Crippen molar-refractivity contribution in [2.24, 2.45) is 0 Å². The summed E-state index contributed by atoms with van der Waals surface area (Å²) in [7, 11) is 0. The van der Waals surface area contributed by atoms with Crippen LogP contribution in [0, 0.1) is 0 Å². The van der Waals surface area contributed by atoms with Crippen LogP contribution < -0.4 is 10.6 Å². The van der Waals surface area contributed by atoms with Crippen molar-refractivity contribution < 1.29 is 9.21 Å². The number of thiazole rings is 1. The van der Waals surface area contributed by atoms with E-state index in [0.717, 1.165) is 16.3 Å².